The molecule has 1 nitrogen and oxygen atoms in total. The normalized spacial score (nSPS) is 10.7. The minimum Gasteiger partial charge on any atom is -0.341 e. The summed E-state index contributed by atoms with van der Waals surface area (Å²) in [7, 11) is 0. The van der Waals surface area contributed by atoms with Crippen molar-refractivity contribution in [2.24, 2.45) is 0 Å². The van der Waals surface area contributed by atoms with Gasteiger partial charge in [-0.05, 0) is 50.5 Å². The van der Waals surface area contributed by atoms with Gasteiger partial charge in [0, 0.05) is 17.9 Å². The number of aryl methyl sites for hydroxylation is 3. The van der Waals surface area contributed by atoms with E-state index in [0.717, 1.165) is 6.54 Å². The lowest BCUT2D eigenvalue weighted by atomic mass is 10.0. The Morgan fingerprint density at radius 1 is 0.818 bits per heavy atom. The van der Waals surface area contributed by atoms with Gasteiger partial charge >= 0.3 is 0 Å². The van der Waals surface area contributed by atoms with Crippen LogP contribution in [0.4, 0.5) is 11.4 Å². The summed E-state index contributed by atoms with van der Waals surface area (Å²) in [5.74, 6) is 0. The van der Waals surface area contributed by atoms with Crippen LogP contribution < -0.4 is 4.90 Å². The van der Waals surface area contributed by atoms with E-state index in [9.17, 15) is 0 Å². The fraction of sp³-hybridized carbons (Fsp3) is 0.429. The van der Waals surface area contributed by atoms with E-state index < -0.39 is 0 Å². The van der Waals surface area contributed by atoms with Crippen molar-refractivity contribution in [3.05, 3.63) is 59.2 Å². The standard InChI is InChI=1S/C21H29N/c1-5-6-7-11-14-22(20-12-9-8-10-13-20)21-18(3)15-17(2)16-19(21)4/h8-10,12-13,15-16H,5-7,11,14H2,1-4H3. The molecule has 0 aliphatic carbocycles. The van der Waals surface area contributed by atoms with Crippen LogP contribution in [0.25, 0.3) is 0 Å². The van der Waals surface area contributed by atoms with Gasteiger partial charge in [0.2, 0.25) is 0 Å². The molecule has 0 radical (unpaired) electrons. The molecule has 0 N–H and O–H groups in total. The van der Waals surface area contributed by atoms with Crippen molar-refractivity contribution < 1.29 is 0 Å². The molecule has 0 heterocycles. The summed E-state index contributed by atoms with van der Waals surface area (Å²) in [5.41, 5.74) is 6.77. The Labute approximate surface area is 136 Å². The van der Waals surface area contributed by atoms with Crippen LogP contribution in [0, 0.1) is 20.8 Å². The second-order valence-electron chi connectivity index (χ2n) is 6.30. The van der Waals surface area contributed by atoms with Gasteiger partial charge in [0.15, 0.2) is 0 Å². The Morgan fingerprint density at radius 3 is 2.05 bits per heavy atom. The maximum absolute atomic E-state index is 2.50. The summed E-state index contributed by atoms with van der Waals surface area (Å²) < 4.78 is 0. The third-order valence-electron chi connectivity index (χ3n) is 4.21. The molecule has 2 aromatic carbocycles. The lowest BCUT2D eigenvalue weighted by molar-refractivity contribution is 0.667. The molecule has 2 aromatic rings. The smallest absolute Gasteiger partial charge is 0.0470 e. The maximum Gasteiger partial charge on any atom is 0.0470 e. The van der Waals surface area contributed by atoms with Gasteiger partial charge < -0.3 is 4.90 Å². The lowest BCUT2D eigenvalue weighted by Gasteiger charge is -2.29. The Kier molecular flexibility index (Phi) is 6.06. The van der Waals surface area contributed by atoms with E-state index in [1.807, 2.05) is 0 Å². The van der Waals surface area contributed by atoms with Gasteiger partial charge in [-0.15, -0.1) is 0 Å². The number of hydrogen-bond acceptors (Lipinski definition) is 1. The molecule has 0 aromatic heterocycles. The Morgan fingerprint density at radius 2 is 1.45 bits per heavy atom. The van der Waals surface area contributed by atoms with Crippen LogP contribution in [0.15, 0.2) is 42.5 Å². The van der Waals surface area contributed by atoms with Crippen molar-refractivity contribution in [1.29, 1.82) is 0 Å². The van der Waals surface area contributed by atoms with Crippen molar-refractivity contribution in [2.45, 2.75) is 53.4 Å². The number of unbranched alkanes of at least 4 members (excludes halogenated alkanes) is 3. The van der Waals surface area contributed by atoms with E-state index in [2.05, 4.69) is 75.1 Å². The van der Waals surface area contributed by atoms with E-state index >= 15 is 0 Å². The second kappa shape index (κ2) is 8.03. The lowest BCUT2D eigenvalue weighted by Crippen LogP contribution is -2.20. The van der Waals surface area contributed by atoms with E-state index in [1.165, 1.54) is 53.7 Å². The van der Waals surface area contributed by atoms with Gasteiger partial charge in [0.25, 0.3) is 0 Å². The number of para-hydroxylation sites is 1. The van der Waals surface area contributed by atoms with Crippen molar-refractivity contribution >= 4 is 11.4 Å². The first kappa shape index (κ1) is 16.6. The molecule has 22 heavy (non-hydrogen) atoms. The van der Waals surface area contributed by atoms with Gasteiger partial charge in [-0.2, -0.15) is 0 Å². The highest BCUT2D eigenvalue weighted by molar-refractivity contribution is 5.70. The zero-order valence-electron chi connectivity index (χ0n) is 14.5. The Bertz CT molecular complexity index is 563. The summed E-state index contributed by atoms with van der Waals surface area (Å²) in [6.45, 7) is 10.0. The first-order valence-electron chi connectivity index (χ1n) is 8.54. The summed E-state index contributed by atoms with van der Waals surface area (Å²) in [6.07, 6.45) is 5.17. The van der Waals surface area contributed by atoms with Crippen molar-refractivity contribution in [1.82, 2.24) is 0 Å². The van der Waals surface area contributed by atoms with Crippen LogP contribution in [-0.2, 0) is 0 Å². The minimum atomic E-state index is 1.09. The number of nitrogens with zero attached hydrogens (tertiary/aromatic N) is 1. The highest BCUT2D eigenvalue weighted by atomic mass is 15.1. The van der Waals surface area contributed by atoms with E-state index in [4.69, 9.17) is 0 Å². The molecule has 0 fully saturated rings. The van der Waals surface area contributed by atoms with Gasteiger partial charge in [0.05, 0.1) is 0 Å². The molecule has 0 saturated heterocycles. The predicted octanol–water partition coefficient (Wildman–Crippen LogP) is 6.33. The minimum absolute atomic E-state index is 1.09. The molecule has 0 aliphatic rings. The molecule has 1 heteroatoms. The van der Waals surface area contributed by atoms with Crippen molar-refractivity contribution in [2.75, 3.05) is 11.4 Å². The van der Waals surface area contributed by atoms with Gasteiger partial charge in [-0.1, -0.05) is 62.1 Å². The van der Waals surface area contributed by atoms with E-state index in [1.54, 1.807) is 0 Å². The van der Waals surface area contributed by atoms with Crippen LogP contribution in [0.5, 0.6) is 0 Å². The number of hydrogen-bond donors (Lipinski definition) is 0. The molecule has 2 rings (SSSR count). The molecule has 0 amide bonds. The van der Waals surface area contributed by atoms with Crippen LogP contribution in [0.3, 0.4) is 0 Å². The average Bonchev–Trinajstić information content (AvgIpc) is 2.49. The molecular formula is C21H29N. The van der Waals surface area contributed by atoms with Crippen LogP contribution in [-0.4, -0.2) is 6.54 Å². The SMILES string of the molecule is CCCCCCN(c1ccccc1)c1c(C)cc(C)cc1C. The van der Waals surface area contributed by atoms with Crippen LogP contribution in [0.1, 0.15) is 49.3 Å². The van der Waals surface area contributed by atoms with Crippen molar-refractivity contribution in [3.8, 4) is 0 Å². The van der Waals surface area contributed by atoms with Crippen LogP contribution >= 0.6 is 0 Å². The molecule has 0 unspecified atom stereocenters. The number of rotatable bonds is 7. The number of benzene rings is 2. The molecule has 0 aliphatic heterocycles. The summed E-state index contributed by atoms with van der Waals surface area (Å²) in [6, 6.07) is 15.4. The van der Waals surface area contributed by atoms with E-state index in [-0.39, 0.29) is 0 Å². The third kappa shape index (κ3) is 4.13. The summed E-state index contributed by atoms with van der Waals surface area (Å²) in [5, 5.41) is 0. The first-order chi connectivity index (χ1) is 10.6. The third-order valence-corrected chi connectivity index (χ3v) is 4.21. The monoisotopic (exact) mass is 295 g/mol. The molecule has 0 bridgehead atoms. The van der Waals surface area contributed by atoms with Crippen LogP contribution in [0.2, 0.25) is 0 Å². The topological polar surface area (TPSA) is 3.24 Å². The highest BCUT2D eigenvalue weighted by Crippen LogP contribution is 2.32. The largest absolute Gasteiger partial charge is 0.341 e. The zero-order valence-corrected chi connectivity index (χ0v) is 14.5. The predicted molar refractivity (Wildman–Crippen MR) is 98.2 cm³/mol. The molecule has 0 saturated carbocycles. The molecule has 118 valence electrons. The average molecular weight is 295 g/mol. The molecule has 0 atom stereocenters. The van der Waals surface area contributed by atoms with Gasteiger partial charge in [-0.3, -0.25) is 0 Å². The van der Waals surface area contributed by atoms with Gasteiger partial charge in [0.1, 0.15) is 0 Å². The highest BCUT2D eigenvalue weighted by Gasteiger charge is 2.14. The summed E-state index contributed by atoms with van der Waals surface area (Å²) in [4.78, 5) is 2.50. The Hall–Kier alpha value is -1.76. The molecular weight excluding hydrogens is 266 g/mol. The summed E-state index contributed by atoms with van der Waals surface area (Å²) >= 11 is 0. The first-order valence-corrected chi connectivity index (χ1v) is 8.54. The van der Waals surface area contributed by atoms with E-state index in [0.29, 0.717) is 0 Å². The maximum atomic E-state index is 2.50. The second-order valence-corrected chi connectivity index (χ2v) is 6.30. The zero-order chi connectivity index (χ0) is 15.9. The van der Waals surface area contributed by atoms with Crippen molar-refractivity contribution in [3.63, 3.8) is 0 Å². The fourth-order valence-corrected chi connectivity index (χ4v) is 3.27. The molecule has 0 spiro atoms. The quantitative estimate of drug-likeness (QED) is 0.539. The fourth-order valence-electron chi connectivity index (χ4n) is 3.27. The Balaban J connectivity index is 2.32. The number of anilines is 2. The van der Waals surface area contributed by atoms with Gasteiger partial charge in [-0.25, -0.2) is 0 Å².